The number of nitrogens with two attached hydrogens (primary N) is 1. The smallest absolute Gasteiger partial charge is 0.205 e. The van der Waals surface area contributed by atoms with Gasteiger partial charge in [0, 0.05) is 24.5 Å². The SMILES string of the molecule is CC[C@@H](C)n1nc(C)c(Cl)c1[C@@H]1C(C#N)=C(N)OC2=C1C(=O)CC(C)(C)C2. The first-order valence-corrected chi connectivity index (χ1v) is 9.57. The summed E-state index contributed by atoms with van der Waals surface area (Å²) >= 11 is 6.62. The molecule has 2 atom stereocenters. The number of ether oxygens (including phenoxy) is 1. The van der Waals surface area contributed by atoms with E-state index >= 15 is 0 Å². The van der Waals surface area contributed by atoms with Crippen LogP contribution >= 0.6 is 11.6 Å². The third-order valence-corrected chi connectivity index (χ3v) is 5.87. The molecule has 3 rings (SSSR count). The molecule has 0 unspecified atom stereocenters. The third kappa shape index (κ3) is 3.14. The summed E-state index contributed by atoms with van der Waals surface area (Å²) in [5.74, 6) is -0.0945. The third-order valence-electron chi connectivity index (χ3n) is 5.40. The van der Waals surface area contributed by atoms with E-state index in [4.69, 9.17) is 22.1 Å². The second-order valence-electron chi connectivity index (χ2n) is 8.19. The molecule has 2 heterocycles. The fourth-order valence-electron chi connectivity index (χ4n) is 3.87. The number of carbonyl (C=O) groups is 1. The van der Waals surface area contributed by atoms with E-state index in [1.807, 2.05) is 32.4 Å². The van der Waals surface area contributed by atoms with Crippen LogP contribution in [0.3, 0.4) is 0 Å². The Balaban J connectivity index is 2.29. The lowest BCUT2D eigenvalue weighted by atomic mass is 9.71. The van der Waals surface area contributed by atoms with Gasteiger partial charge in [-0.15, -0.1) is 0 Å². The molecule has 0 bridgehead atoms. The highest BCUT2D eigenvalue weighted by Gasteiger charge is 2.45. The molecule has 6 nitrogen and oxygen atoms in total. The zero-order valence-electron chi connectivity index (χ0n) is 16.4. The molecule has 144 valence electrons. The molecule has 0 amide bonds. The van der Waals surface area contributed by atoms with Gasteiger partial charge in [-0.3, -0.25) is 9.48 Å². The second kappa shape index (κ2) is 6.72. The number of rotatable bonds is 3. The molecule has 7 heteroatoms. The summed E-state index contributed by atoms with van der Waals surface area (Å²) in [6.45, 7) is 9.95. The van der Waals surface area contributed by atoms with Crippen molar-refractivity contribution in [3.8, 4) is 6.07 Å². The Morgan fingerprint density at radius 1 is 1.48 bits per heavy atom. The van der Waals surface area contributed by atoms with Gasteiger partial charge in [0.1, 0.15) is 17.4 Å². The molecule has 27 heavy (non-hydrogen) atoms. The molecule has 0 saturated carbocycles. The van der Waals surface area contributed by atoms with Crippen LogP contribution in [0.4, 0.5) is 0 Å². The van der Waals surface area contributed by atoms with E-state index in [0.717, 1.165) is 6.42 Å². The first-order valence-electron chi connectivity index (χ1n) is 9.19. The van der Waals surface area contributed by atoms with Gasteiger partial charge in [0.2, 0.25) is 5.88 Å². The summed E-state index contributed by atoms with van der Waals surface area (Å²) in [6.07, 6.45) is 1.80. The van der Waals surface area contributed by atoms with Gasteiger partial charge in [0.25, 0.3) is 0 Å². The van der Waals surface area contributed by atoms with Crippen molar-refractivity contribution in [2.75, 3.05) is 0 Å². The van der Waals surface area contributed by atoms with Crippen LogP contribution in [0.25, 0.3) is 0 Å². The van der Waals surface area contributed by atoms with Crippen molar-refractivity contribution >= 4 is 17.4 Å². The number of allylic oxidation sites excluding steroid dienone is 3. The molecule has 0 aromatic carbocycles. The molecule has 0 spiro atoms. The van der Waals surface area contributed by atoms with Crippen LogP contribution in [-0.4, -0.2) is 15.6 Å². The Morgan fingerprint density at radius 3 is 2.74 bits per heavy atom. The Labute approximate surface area is 164 Å². The maximum absolute atomic E-state index is 13.1. The normalized spacial score (nSPS) is 23.0. The number of aromatic nitrogens is 2. The van der Waals surface area contributed by atoms with E-state index in [1.165, 1.54) is 0 Å². The van der Waals surface area contributed by atoms with Gasteiger partial charge < -0.3 is 10.5 Å². The highest BCUT2D eigenvalue weighted by atomic mass is 35.5. The van der Waals surface area contributed by atoms with Crippen molar-refractivity contribution in [3.63, 3.8) is 0 Å². The van der Waals surface area contributed by atoms with Crippen molar-refractivity contribution in [1.82, 2.24) is 9.78 Å². The number of nitriles is 1. The number of carbonyl (C=O) groups excluding carboxylic acids is 1. The molecule has 2 aliphatic rings. The first kappa shape index (κ1) is 19.5. The maximum atomic E-state index is 13.1. The molecule has 0 radical (unpaired) electrons. The molecule has 1 aromatic heterocycles. The summed E-state index contributed by atoms with van der Waals surface area (Å²) in [5.41, 5.74) is 7.89. The fourth-order valence-corrected chi connectivity index (χ4v) is 4.10. The molecular weight excluding hydrogens is 364 g/mol. The zero-order chi connectivity index (χ0) is 20.1. The number of hydrogen-bond donors (Lipinski definition) is 1. The van der Waals surface area contributed by atoms with Gasteiger partial charge in [-0.1, -0.05) is 32.4 Å². The predicted octanol–water partition coefficient (Wildman–Crippen LogP) is 4.27. The Bertz CT molecular complexity index is 917. The van der Waals surface area contributed by atoms with Crippen LogP contribution in [0, 0.1) is 23.7 Å². The number of ketones is 1. The fraction of sp³-hybridized carbons (Fsp3) is 0.550. The van der Waals surface area contributed by atoms with Gasteiger partial charge in [0.15, 0.2) is 5.78 Å². The van der Waals surface area contributed by atoms with E-state index in [-0.39, 0.29) is 28.7 Å². The number of Topliss-reactive ketones (excluding diaryl/α,β-unsaturated/α-hetero) is 1. The second-order valence-corrected chi connectivity index (χ2v) is 8.57. The lowest BCUT2D eigenvalue weighted by Gasteiger charge is -2.37. The van der Waals surface area contributed by atoms with Crippen LogP contribution in [0.1, 0.15) is 70.3 Å². The number of halogens is 1. The van der Waals surface area contributed by atoms with Crippen LogP contribution in [0.5, 0.6) is 0 Å². The van der Waals surface area contributed by atoms with Gasteiger partial charge in [-0.25, -0.2) is 0 Å². The lowest BCUT2D eigenvalue weighted by Crippen LogP contribution is -2.34. The highest BCUT2D eigenvalue weighted by molar-refractivity contribution is 6.32. The quantitative estimate of drug-likeness (QED) is 0.834. The monoisotopic (exact) mass is 388 g/mol. The first-order chi connectivity index (χ1) is 12.6. The number of aryl methyl sites for hydroxylation is 1. The lowest BCUT2D eigenvalue weighted by molar-refractivity contribution is -0.119. The zero-order valence-corrected chi connectivity index (χ0v) is 17.1. The van der Waals surface area contributed by atoms with Gasteiger partial charge in [0.05, 0.1) is 22.3 Å². The predicted molar refractivity (Wildman–Crippen MR) is 103 cm³/mol. The van der Waals surface area contributed by atoms with Crippen LogP contribution in [-0.2, 0) is 9.53 Å². The van der Waals surface area contributed by atoms with E-state index in [0.29, 0.717) is 40.6 Å². The Morgan fingerprint density at radius 2 is 2.15 bits per heavy atom. The minimum Gasteiger partial charge on any atom is -0.444 e. The number of nitrogens with zero attached hydrogens (tertiary/aromatic N) is 3. The highest BCUT2D eigenvalue weighted by Crippen LogP contribution is 2.49. The van der Waals surface area contributed by atoms with Crippen molar-refractivity contribution in [3.05, 3.63) is 39.2 Å². The molecule has 1 aliphatic carbocycles. The standard InChI is InChI=1S/C20H25ClN4O2/c1-6-10(2)25-18(17(21)11(3)24-25)15-12(9-22)19(23)27-14-8-20(4,5)7-13(26)16(14)15/h10,15H,6-8,23H2,1-5H3/t10-,15-/m1/s1. The largest absolute Gasteiger partial charge is 0.444 e. The van der Waals surface area contributed by atoms with Crippen LogP contribution < -0.4 is 5.73 Å². The molecule has 0 saturated heterocycles. The summed E-state index contributed by atoms with van der Waals surface area (Å²) in [4.78, 5) is 13.1. The van der Waals surface area contributed by atoms with Crippen LogP contribution in [0.2, 0.25) is 5.02 Å². The Hall–Kier alpha value is -2.26. The molecule has 1 aromatic rings. The summed E-state index contributed by atoms with van der Waals surface area (Å²) < 4.78 is 7.58. The van der Waals surface area contributed by atoms with Crippen LogP contribution in [0.15, 0.2) is 22.8 Å². The van der Waals surface area contributed by atoms with E-state index in [1.54, 1.807) is 0 Å². The van der Waals surface area contributed by atoms with Crippen molar-refractivity contribution in [2.24, 2.45) is 11.1 Å². The van der Waals surface area contributed by atoms with E-state index in [9.17, 15) is 10.1 Å². The average Bonchev–Trinajstić information content (AvgIpc) is 2.86. The summed E-state index contributed by atoms with van der Waals surface area (Å²) in [6, 6.07) is 2.20. The summed E-state index contributed by atoms with van der Waals surface area (Å²) in [5, 5.41) is 14.8. The van der Waals surface area contributed by atoms with Crippen molar-refractivity contribution in [1.29, 1.82) is 5.26 Å². The van der Waals surface area contributed by atoms with Crippen molar-refractivity contribution < 1.29 is 9.53 Å². The van der Waals surface area contributed by atoms with E-state index in [2.05, 4.69) is 18.1 Å². The van der Waals surface area contributed by atoms with E-state index < -0.39 is 5.92 Å². The molecule has 2 N–H and O–H groups in total. The maximum Gasteiger partial charge on any atom is 0.205 e. The van der Waals surface area contributed by atoms with Crippen molar-refractivity contribution in [2.45, 2.75) is 65.8 Å². The molecule has 0 fully saturated rings. The topological polar surface area (TPSA) is 93.9 Å². The Kier molecular flexibility index (Phi) is 4.85. The minimum absolute atomic E-state index is 0.0304. The number of hydrogen-bond acceptors (Lipinski definition) is 5. The minimum atomic E-state index is -0.648. The average molecular weight is 389 g/mol. The van der Waals surface area contributed by atoms with Gasteiger partial charge >= 0.3 is 0 Å². The molecule has 1 aliphatic heterocycles. The molecular formula is C20H25ClN4O2. The van der Waals surface area contributed by atoms with Gasteiger partial charge in [-0.05, 0) is 25.7 Å². The van der Waals surface area contributed by atoms with Gasteiger partial charge in [-0.2, -0.15) is 10.4 Å². The summed E-state index contributed by atoms with van der Waals surface area (Å²) in [7, 11) is 0.